The number of nitrogens with zero attached hydrogens (tertiary/aromatic N) is 7. The highest BCUT2D eigenvalue weighted by atomic mass is 32.2. The normalized spacial score (nSPS) is 19.0. The Labute approximate surface area is 388 Å². The van der Waals surface area contributed by atoms with Crippen LogP contribution in [0.2, 0.25) is 0 Å². The van der Waals surface area contributed by atoms with Crippen molar-refractivity contribution in [2.45, 2.75) is 101 Å². The topological polar surface area (TPSA) is 154 Å². The summed E-state index contributed by atoms with van der Waals surface area (Å²) in [6.07, 6.45) is 12.5. The third-order valence-corrected chi connectivity index (χ3v) is 13.9. The molecule has 1 unspecified atom stereocenters. The van der Waals surface area contributed by atoms with Gasteiger partial charge in [0.25, 0.3) is 5.91 Å². The van der Waals surface area contributed by atoms with E-state index >= 15 is 0 Å². The number of carbonyl (C=O) groups excluding carboxylic acids is 4. The van der Waals surface area contributed by atoms with Crippen molar-refractivity contribution in [2.75, 3.05) is 73.9 Å². The minimum absolute atomic E-state index is 0.0411. The number of pyridine rings is 1. The van der Waals surface area contributed by atoms with Crippen molar-refractivity contribution in [1.29, 1.82) is 0 Å². The molecule has 4 amide bonds. The average Bonchev–Trinajstić information content (AvgIpc) is 3.73. The van der Waals surface area contributed by atoms with Crippen molar-refractivity contribution in [3.05, 3.63) is 60.6 Å². The molecule has 1 aliphatic carbocycles. The number of halogens is 3. The van der Waals surface area contributed by atoms with Crippen molar-refractivity contribution in [3.63, 3.8) is 0 Å². The quantitative estimate of drug-likeness (QED) is 0.0772. The highest BCUT2D eigenvalue weighted by Crippen LogP contribution is 2.46. The summed E-state index contributed by atoms with van der Waals surface area (Å²) in [5, 5.41) is 10.3. The van der Waals surface area contributed by atoms with Gasteiger partial charge < -0.3 is 35.0 Å². The van der Waals surface area contributed by atoms with Crippen LogP contribution < -0.4 is 30.1 Å². The van der Waals surface area contributed by atoms with Crippen LogP contribution in [0.4, 0.5) is 35.9 Å². The molecule has 0 bridgehead atoms. The molecule has 4 aromatic rings. The number of nitrogens with one attached hydrogen (secondary N) is 2. The van der Waals surface area contributed by atoms with E-state index < -0.39 is 12.3 Å². The van der Waals surface area contributed by atoms with Gasteiger partial charge in [-0.15, -0.1) is 13.2 Å². The van der Waals surface area contributed by atoms with E-state index in [1.54, 1.807) is 11.4 Å². The van der Waals surface area contributed by atoms with Gasteiger partial charge in [-0.3, -0.25) is 28.8 Å². The predicted octanol–water partition coefficient (Wildman–Crippen LogP) is 8.46. The lowest BCUT2D eigenvalue weighted by molar-refractivity contribution is -0.266. The molecular formula is C47H62F3N9O6S. The summed E-state index contributed by atoms with van der Waals surface area (Å²) in [5.74, 6) is 0.538. The van der Waals surface area contributed by atoms with Crippen LogP contribution in [0.25, 0.3) is 10.9 Å². The van der Waals surface area contributed by atoms with Crippen molar-refractivity contribution < 1.29 is 41.3 Å². The largest absolute Gasteiger partial charge is 0.533 e. The number of carbonyl (C=O) groups is 4. The summed E-state index contributed by atoms with van der Waals surface area (Å²) in [6, 6.07) is 11.7. The monoisotopic (exact) mass is 937 g/mol. The van der Waals surface area contributed by atoms with Gasteiger partial charge in [0.1, 0.15) is 5.75 Å². The van der Waals surface area contributed by atoms with Crippen LogP contribution in [-0.2, 0) is 18.6 Å². The first kappa shape index (κ1) is 50.0. The van der Waals surface area contributed by atoms with Gasteiger partial charge >= 0.3 is 6.36 Å². The van der Waals surface area contributed by atoms with Crippen LogP contribution in [-0.4, -0.2) is 111 Å². The predicted molar refractivity (Wildman–Crippen MR) is 251 cm³/mol. The number of rotatable bonds is 17. The number of fused-ring (bicyclic) bond motifs is 1. The van der Waals surface area contributed by atoms with E-state index in [-0.39, 0.29) is 34.6 Å². The van der Waals surface area contributed by atoms with Gasteiger partial charge in [-0.1, -0.05) is 19.4 Å². The summed E-state index contributed by atoms with van der Waals surface area (Å²) < 4.78 is 49.0. The zero-order chi connectivity index (χ0) is 47.4. The Kier molecular flexibility index (Phi) is 17.3. The lowest BCUT2D eigenvalue weighted by Gasteiger charge is -2.48. The molecule has 4 heterocycles. The van der Waals surface area contributed by atoms with Crippen molar-refractivity contribution >= 4 is 70.8 Å². The maximum atomic E-state index is 13.1. The molecule has 0 radical (unpaired) electrons. The Balaban J connectivity index is 0.00000137. The van der Waals surface area contributed by atoms with Crippen molar-refractivity contribution in [1.82, 2.24) is 25.0 Å². The number of imide groups is 1. The maximum Gasteiger partial charge on any atom is 0.533 e. The smallest absolute Gasteiger partial charge is 0.494 e. The number of aromatic nitrogens is 3. The second kappa shape index (κ2) is 22.9. The Morgan fingerprint density at radius 2 is 1.70 bits per heavy atom. The molecule has 2 aromatic carbocycles. The first-order valence-electron chi connectivity index (χ1n) is 22.6. The standard InChI is InChI=1S/C45H59F3N8O4S.C2H3NO2/c1-6-8-31(2)55(30-57)40-10-7-9-39(42(40)52(3)4)54-21-17-44(18-22-54)15-19-53(20-16-44)28-32-11-13-35(14-12-32)56-29-34-24-38(41(59-5)25-37(34)51-56)50-43(58)33-23-36(27-49-26-33)61-60-45(46,47)48;4-1-3-2-5/h7,9-10,23-27,29-32,35H,6,8,11-22,28H2,1-5H3,(H,50,58);1-2H,(H,3,4,5). The highest BCUT2D eigenvalue weighted by molar-refractivity contribution is 7.94. The molecule has 1 spiro atoms. The SMILES string of the molecule is CCCC(C)N(C=O)c1cccc(N2CCC3(CCN(CC4CCC(n5cc6cc(NC(=O)c7cncc(SOC(F)(F)F)c7)c(OC)cc6n5)CC4)CC3)CC2)c1N(C)C.O=CNC=O. The minimum atomic E-state index is -4.82. The maximum absolute atomic E-state index is 13.1. The molecule has 358 valence electrons. The third-order valence-electron chi connectivity index (χ3n) is 13.2. The van der Waals surface area contributed by atoms with Crippen molar-refractivity contribution in [3.8, 4) is 5.75 Å². The van der Waals surface area contributed by atoms with Gasteiger partial charge in [-0.25, -0.2) is 4.18 Å². The van der Waals surface area contributed by atoms with E-state index in [1.165, 1.54) is 56.9 Å². The molecule has 2 N–H and O–H groups in total. The number of hydrogen-bond acceptors (Lipinski definition) is 12. The number of benzene rings is 2. The zero-order valence-corrected chi connectivity index (χ0v) is 39.2. The molecule has 1 saturated carbocycles. The fourth-order valence-corrected chi connectivity index (χ4v) is 10.2. The summed E-state index contributed by atoms with van der Waals surface area (Å²) in [7, 11) is 5.67. The fourth-order valence-electron chi connectivity index (χ4n) is 9.72. The van der Waals surface area contributed by atoms with Gasteiger partial charge in [0, 0.05) is 81.9 Å². The minimum Gasteiger partial charge on any atom is -0.494 e. The summed E-state index contributed by atoms with van der Waals surface area (Å²) in [4.78, 5) is 56.8. The van der Waals surface area contributed by atoms with Gasteiger partial charge in [-0.2, -0.15) is 5.10 Å². The molecule has 66 heavy (non-hydrogen) atoms. The number of anilines is 4. The second-order valence-electron chi connectivity index (χ2n) is 17.8. The first-order valence-corrected chi connectivity index (χ1v) is 23.3. The van der Waals surface area contributed by atoms with Gasteiger partial charge in [0.2, 0.25) is 19.2 Å². The van der Waals surface area contributed by atoms with E-state index in [1.807, 2.05) is 17.2 Å². The zero-order valence-electron chi connectivity index (χ0n) is 38.4. The number of likely N-dealkylation sites (tertiary alicyclic amines) is 1. The molecule has 2 aromatic heterocycles. The average molecular weight is 938 g/mol. The van der Waals surface area contributed by atoms with E-state index in [0.29, 0.717) is 35.6 Å². The third kappa shape index (κ3) is 12.7. The molecule has 2 saturated heterocycles. The summed E-state index contributed by atoms with van der Waals surface area (Å²) in [6.45, 7) is 9.81. The number of ether oxygens (including phenoxy) is 1. The molecule has 3 fully saturated rings. The molecule has 2 aliphatic heterocycles. The Morgan fingerprint density at radius 1 is 1.00 bits per heavy atom. The molecule has 3 aliphatic rings. The van der Waals surface area contributed by atoms with Crippen LogP contribution in [0, 0.1) is 11.3 Å². The fraction of sp³-hybridized carbons (Fsp3) is 0.532. The molecule has 19 heteroatoms. The van der Waals surface area contributed by atoms with E-state index in [4.69, 9.17) is 19.4 Å². The lowest BCUT2D eigenvalue weighted by Crippen LogP contribution is -2.48. The van der Waals surface area contributed by atoms with E-state index in [2.05, 4.69) is 80.0 Å². The van der Waals surface area contributed by atoms with E-state index in [0.717, 1.165) is 99.9 Å². The number of para-hydroxylation sites is 1. The van der Waals surface area contributed by atoms with Gasteiger partial charge in [-0.05, 0) is 113 Å². The first-order chi connectivity index (χ1) is 31.7. The van der Waals surface area contributed by atoms with Gasteiger partial charge in [0.15, 0.2) is 0 Å². The molecule has 15 nitrogen and oxygen atoms in total. The van der Waals surface area contributed by atoms with Crippen LogP contribution >= 0.6 is 12.0 Å². The molecule has 1 atom stereocenters. The molecule has 7 rings (SSSR count). The number of alkyl halides is 3. The molecular weight excluding hydrogens is 876 g/mol. The van der Waals surface area contributed by atoms with Crippen LogP contribution in [0.5, 0.6) is 5.75 Å². The highest BCUT2D eigenvalue weighted by Gasteiger charge is 2.39. The van der Waals surface area contributed by atoms with Crippen LogP contribution in [0.3, 0.4) is 0 Å². The van der Waals surface area contributed by atoms with Gasteiger partial charge in [0.05, 0.1) is 51.9 Å². The number of methoxy groups -OCH3 is 1. The summed E-state index contributed by atoms with van der Waals surface area (Å²) >= 11 is 0.0910. The van der Waals surface area contributed by atoms with Crippen molar-refractivity contribution in [2.24, 2.45) is 11.3 Å². The Morgan fingerprint density at radius 3 is 2.30 bits per heavy atom. The lowest BCUT2D eigenvalue weighted by atomic mass is 9.71. The number of amides is 4. The Hall–Kier alpha value is -5.40. The van der Waals surface area contributed by atoms with Crippen LogP contribution in [0.1, 0.15) is 94.5 Å². The van der Waals surface area contributed by atoms with E-state index in [9.17, 15) is 22.8 Å². The number of piperidine rings is 2. The van der Waals surface area contributed by atoms with Crippen LogP contribution in [0.15, 0.2) is 59.9 Å². The second-order valence-corrected chi connectivity index (χ2v) is 18.6. The summed E-state index contributed by atoms with van der Waals surface area (Å²) in [5.41, 5.74) is 4.98. The number of hydrogen-bond donors (Lipinski definition) is 2. The Bertz CT molecular complexity index is 2250.